The number of nitrogens with zero attached hydrogens (tertiary/aromatic N) is 1. The fourth-order valence-electron chi connectivity index (χ4n) is 5.18. The van der Waals surface area contributed by atoms with Crippen LogP contribution in [-0.4, -0.2) is 37.3 Å². The summed E-state index contributed by atoms with van der Waals surface area (Å²) >= 11 is 0. The van der Waals surface area contributed by atoms with E-state index in [9.17, 15) is 13.2 Å². The zero-order valence-electron chi connectivity index (χ0n) is 20.4. The summed E-state index contributed by atoms with van der Waals surface area (Å²) in [7, 11) is -3.41. The molecule has 34 heavy (non-hydrogen) atoms. The second-order valence-corrected chi connectivity index (χ2v) is 11.6. The first-order valence-corrected chi connectivity index (χ1v) is 14.0. The second-order valence-electron chi connectivity index (χ2n) is 9.65. The van der Waals surface area contributed by atoms with Gasteiger partial charge in [-0.2, -0.15) is 0 Å². The van der Waals surface area contributed by atoms with E-state index in [4.69, 9.17) is 4.74 Å². The van der Waals surface area contributed by atoms with Crippen molar-refractivity contribution in [2.24, 2.45) is 5.92 Å². The molecule has 2 heterocycles. The van der Waals surface area contributed by atoms with Crippen molar-refractivity contribution in [1.82, 2.24) is 9.62 Å². The van der Waals surface area contributed by atoms with Crippen LogP contribution in [0.5, 0.6) is 5.75 Å². The lowest BCUT2D eigenvalue weighted by Crippen LogP contribution is -2.47. The van der Waals surface area contributed by atoms with Crippen LogP contribution in [0.25, 0.3) is 0 Å². The summed E-state index contributed by atoms with van der Waals surface area (Å²) < 4.78 is 33.9. The van der Waals surface area contributed by atoms with E-state index in [0.717, 1.165) is 41.7 Å². The van der Waals surface area contributed by atoms with Crippen LogP contribution in [0.3, 0.4) is 0 Å². The molecule has 0 unspecified atom stereocenters. The van der Waals surface area contributed by atoms with Crippen LogP contribution in [0.15, 0.2) is 48.5 Å². The zero-order valence-corrected chi connectivity index (χ0v) is 21.2. The number of aryl methyl sites for hydroxylation is 1. The van der Waals surface area contributed by atoms with Gasteiger partial charge in [-0.3, -0.25) is 4.79 Å². The summed E-state index contributed by atoms with van der Waals surface area (Å²) in [6.45, 7) is 6.95. The van der Waals surface area contributed by atoms with Crippen molar-refractivity contribution in [2.75, 3.05) is 13.1 Å². The third-order valence-corrected chi connectivity index (χ3v) is 9.45. The fraction of sp³-hybridized carbons (Fsp3) is 0.519. The van der Waals surface area contributed by atoms with E-state index < -0.39 is 10.0 Å². The highest BCUT2D eigenvalue weighted by atomic mass is 32.2. The molecule has 0 spiro atoms. The Morgan fingerprint density at radius 1 is 1.06 bits per heavy atom. The quantitative estimate of drug-likeness (QED) is 0.616. The highest BCUT2D eigenvalue weighted by Crippen LogP contribution is 2.42. The van der Waals surface area contributed by atoms with Gasteiger partial charge in [0, 0.05) is 31.0 Å². The molecule has 2 aliphatic heterocycles. The van der Waals surface area contributed by atoms with E-state index in [0.29, 0.717) is 25.9 Å². The van der Waals surface area contributed by atoms with Crippen LogP contribution in [-0.2, 0) is 20.6 Å². The second kappa shape index (κ2) is 10.1. The maximum absolute atomic E-state index is 13.2. The summed E-state index contributed by atoms with van der Waals surface area (Å²) in [5, 5.41) is 3.28. The number of carbonyl (C=O) groups is 1. The number of amides is 1. The Balaban J connectivity index is 1.40. The Labute approximate surface area is 203 Å². The number of piperidine rings is 1. The first-order valence-electron chi connectivity index (χ1n) is 12.4. The molecule has 2 aliphatic rings. The lowest BCUT2D eigenvalue weighted by Gasteiger charge is -2.42. The minimum atomic E-state index is -3.41. The molecule has 184 valence electrons. The number of carbonyl (C=O) groups excluding carboxylic acids is 1. The predicted molar refractivity (Wildman–Crippen MR) is 134 cm³/mol. The first-order chi connectivity index (χ1) is 16.3. The third kappa shape index (κ3) is 5.15. The van der Waals surface area contributed by atoms with Gasteiger partial charge in [0.15, 0.2) is 0 Å². The lowest BCUT2D eigenvalue weighted by atomic mass is 9.83. The number of hydrogen-bond donors (Lipinski definition) is 1. The van der Waals surface area contributed by atoms with Crippen LogP contribution in [0.1, 0.15) is 68.7 Å². The monoisotopic (exact) mass is 484 g/mol. The summed E-state index contributed by atoms with van der Waals surface area (Å²) in [4.78, 5) is 13.2. The molecule has 0 aromatic heterocycles. The van der Waals surface area contributed by atoms with Crippen molar-refractivity contribution in [2.45, 2.75) is 70.3 Å². The lowest BCUT2D eigenvalue weighted by molar-refractivity contribution is -0.127. The zero-order chi connectivity index (χ0) is 24.3. The molecule has 1 amide bonds. The van der Waals surface area contributed by atoms with Crippen molar-refractivity contribution < 1.29 is 17.9 Å². The van der Waals surface area contributed by atoms with Gasteiger partial charge in [0.1, 0.15) is 11.4 Å². The smallest absolute Gasteiger partial charge is 0.223 e. The van der Waals surface area contributed by atoms with Gasteiger partial charge in [-0.05, 0) is 49.8 Å². The highest BCUT2D eigenvalue weighted by Gasteiger charge is 2.40. The number of fused-ring (bicyclic) bond motifs is 1. The van der Waals surface area contributed by atoms with Gasteiger partial charge in [-0.15, -0.1) is 0 Å². The average Bonchev–Trinajstić information content (AvgIpc) is 2.85. The Morgan fingerprint density at radius 3 is 2.38 bits per heavy atom. The molecule has 1 fully saturated rings. The van der Waals surface area contributed by atoms with Gasteiger partial charge in [0.25, 0.3) is 0 Å². The van der Waals surface area contributed by atoms with Crippen LogP contribution >= 0.6 is 0 Å². The van der Waals surface area contributed by atoms with Gasteiger partial charge in [0.05, 0.1) is 11.8 Å². The molecule has 2 aromatic carbocycles. The molecule has 1 atom stereocenters. The molecule has 0 aliphatic carbocycles. The standard InChI is InChI=1S/C27H36N2O4S/c1-4-27(5-2)18-24(23-12-8-9-13-25(23)33-27)28-26(30)21-14-16-29(17-15-21)34(31,32)19-22-11-7-6-10-20(22)3/h6-13,21,24H,4-5,14-19H2,1-3H3,(H,28,30)/t24-/m0/s1. The van der Waals surface area contributed by atoms with E-state index in [1.807, 2.05) is 55.5 Å². The molecule has 0 radical (unpaired) electrons. The summed E-state index contributed by atoms with van der Waals surface area (Å²) in [5.74, 6) is 0.683. The summed E-state index contributed by atoms with van der Waals surface area (Å²) in [5.41, 5.74) is 2.55. The van der Waals surface area contributed by atoms with Crippen LogP contribution in [0.2, 0.25) is 0 Å². The molecule has 4 rings (SSSR count). The largest absolute Gasteiger partial charge is 0.487 e. The summed E-state index contributed by atoms with van der Waals surface area (Å²) in [6.07, 6.45) is 3.57. The van der Waals surface area contributed by atoms with Crippen molar-refractivity contribution in [1.29, 1.82) is 0 Å². The molecule has 7 heteroatoms. The molecule has 0 saturated carbocycles. The Kier molecular flexibility index (Phi) is 7.33. The highest BCUT2D eigenvalue weighted by molar-refractivity contribution is 7.88. The van der Waals surface area contributed by atoms with Crippen LogP contribution < -0.4 is 10.1 Å². The predicted octanol–water partition coefficient (Wildman–Crippen LogP) is 4.74. The van der Waals surface area contributed by atoms with Gasteiger partial charge in [0.2, 0.25) is 15.9 Å². The van der Waals surface area contributed by atoms with E-state index in [1.165, 1.54) is 0 Å². The average molecular weight is 485 g/mol. The van der Waals surface area contributed by atoms with E-state index >= 15 is 0 Å². The first kappa shape index (κ1) is 24.7. The third-order valence-electron chi connectivity index (χ3n) is 7.62. The Bertz CT molecular complexity index is 1120. The molecule has 0 bridgehead atoms. The molecular formula is C27H36N2O4S. The summed E-state index contributed by atoms with van der Waals surface area (Å²) in [6, 6.07) is 15.4. The van der Waals surface area contributed by atoms with Gasteiger partial charge < -0.3 is 10.1 Å². The number of rotatable bonds is 7. The number of hydrogen-bond acceptors (Lipinski definition) is 4. The number of ether oxygens (including phenoxy) is 1. The van der Waals surface area contributed by atoms with E-state index in [2.05, 4.69) is 19.2 Å². The minimum Gasteiger partial charge on any atom is -0.487 e. The van der Waals surface area contributed by atoms with Gasteiger partial charge in [-0.25, -0.2) is 12.7 Å². The number of nitrogens with one attached hydrogen (secondary N) is 1. The molecule has 1 saturated heterocycles. The molecule has 6 nitrogen and oxygen atoms in total. The Hall–Kier alpha value is -2.38. The van der Waals surface area contributed by atoms with Gasteiger partial charge in [-0.1, -0.05) is 56.3 Å². The topological polar surface area (TPSA) is 75.7 Å². The van der Waals surface area contributed by atoms with Crippen LogP contribution in [0, 0.1) is 12.8 Å². The van der Waals surface area contributed by atoms with Crippen molar-refractivity contribution in [3.05, 3.63) is 65.2 Å². The molecule has 1 N–H and O–H groups in total. The van der Waals surface area contributed by atoms with Gasteiger partial charge >= 0.3 is 0 Å². The van der Waals surface area contributed by atoms with E-state index in [1.54, 1.807) is 4.31 Å². The van der Waals surface area contributed by atoms with Crippen molar-refractivity contribution in [3.63, 3.8) is 0 Å². The fourth-order valence-corrected chi connectivity index (χ4v) is 6.84. The SMILES string of the molecule is CCC1(CC)C[C@H](NC(=O)C2CCN(S(=O)(=O)Cc3ccccc3C)CC2)c2ccccc2O1. The Morgan fingerprint density at radius 2 is 1.71 bits per heavy atom. The molecule has 2 aromatic rings. The number of para-hydroxylation sites is 1. The maximum Gasteiger partial charge on any atom is 0.223 e. The molecular weight excluding hydrogens is 448 g/mol. The van der Waals surface area contributed by atoms with Crippen molar-refractivity contribution >= 4 is 15.9 Å². The van der Waals surface area contributed by atoms with E-state index in [-0.39, 0.29) is 29.2 Å². The van der Waals surface area contributed by atoms with Crippen molar-refractivity contribution in [3.8, 4) is 5.75 Å². The minimum absolute atomic E-state index is 0.00547. The van der Waals surface area contributed by atoms with Crippen LogP contribution in [0.4, 0.5) is 0 Å². The normalized spacial score (nSPS) is 20.9. The maximum atomic E-state index is 13.2. The number of benzene rings is 2. The number of sulfonamides is 1.